The van der Waals surface area contributed by atoms with Crippen LogP contribution in [-0.4, -0.2) is 22.8 Å². The molecular weight excluding hydrogens is 286 g/mol. The van der Waals surface area contributed by atoms with E-state index in [4.69, 9.17) is 9.47 Å². The van der Waals surface area contributed by atoms with Crippen molar-refractivity contribution >= 4 is 11.3 Å². The van der Waals surface area contributed by atoms with Crippen molar-refractivity contribution in [3.05, 3.63) is 39.8 Å². The van der Waals surface area contributed by atoms with Crippen molar-refractivity contribution in [3.63, 3.8) is 0 Å². The highest BCUT2D eigenvalue weighted by Gasteiger charge is 2.24. The molecule has 21 heavy (non-hydrogen) atoms. The van der Waals surface area contributed by atoms with Crippen LogP contribution in [0.15, 0.2) is 23.7 Å². The van der Waals surface area contributed by atoms with Gasteiger partial charge in [0, 0.05) is 35.5 Å². The molecule has 0 amide bonds. The molecule has 0 spiro atoms. The SMILES string of the molecule is CCOc1cc2c(cc1C(O)Cc1nccs1)OC(C)C2. The van der Waals surface area contributed by atoms with Crippen molar-refractivity contribution in [2.75, 3.05) is 6.61 Å². The van der Waals surface area contributed by atoms with Crippen molar-refractivity contribution in [1.29, 1.82) is 0 Å². The van der Waals surface area contributed by atoms with Crippen molar-refractivity contribution in [2.24, 2.45) is 0 Å². The van der Waals surface area contributed by atoms with E-state index >= 15 is 0 Å². The zero-order valence-corrected chi connectivity index (χ0v) is 13.0. The fourth-order valence-corrected chi connectivity index (χ4v) is 3.28. The number of hydrogen-bond acceptors (Lipinski definition) is 5. The van der Waals surface area contributed by atoms with Crippen LogP contribution in [0.3, 0.4) is 0 Å². The second-order valence-corrected chi connectivity index (χ2v) is 6.19. The van der Waals surface area contributed by atoms with Gasteiger partial charge in [-0.3, -0.25) is 0 Å². The highest BCUT2D eigenvalue weighted by Crippen LogP contribution is 2.38. The molecule has 2 atom stereocenters. The van der Waals surface area contributed by atoms with Crippen LogP contribution in [0.4, 0.5) is 0 Å². The lowest BCUT2D eigenvalue weighted by Crippen LogP contribution is -2.06. The van der Waals surface area contributed by atoms with Crippen LogP contribution in [0, 0.1) is 0 Å². The van der Waals surface area contributed by atoms with Gasteiger partial charge < -0.3 is 14.6 Å². The summed E-state index contributed by atoms with van der Waals surface area (Å²) in [6, 6.07) is 3.92. The van der Waals surface area contributed by atoms with Gasteiger partial charge in [-0.2, -0.15) is 0 Å². The van der Waals surface area contributed by atoms with E-state index < -0.39 is 6.10 Å². The third-order valence-electron chi connectivity index (χ3n) is 3.54. The molecule has 1 N–H and O–H groups in total. The first-order chi connectivity index (χ1) is 10.2. The van der Waals surface area contributed by atoms with E-state index in [1.165, 1.54) is 0 Å². The maximum Gasteiger partial charge on any atom is 0.125 e. The second-order valence-electron chi connectivity index (χ2n) is 5.21. The molecule has 5 heteroatoms. The van der Waals surface area contributed by atoms with Crippen LogP contribution in [-0.2, 0) is 12.8 Å². The smallest absolute Gasteiger partial charge is 0.125 e. The zero-order valence-electron chi connectivity index (χ0n) is 12.2. The summed E-state index contributed by atoms with van der Waals surface area (Å²) >= 11 is 1.55. The van der Waals surface area contributed by atoms with E-state index in [-0.39, 0.29) is 6.10 Å². The van der Waals surface area contributed by atoms with Gasteiger partial charge in [-0.05, 0) is 26.0 Å². The number of nitrogens with zero attached hydrogens (tertiary/aromatic N) is 1. The number of aliphatic hydroxyl groups excluding tert-OH is 1. The van der Waals surface area contributed by atoms with Crippen LogP contribution >= 0.6 is 11.3 Å². The summed E-state index contributed by atoms with van der Waals surface area (Å²) < 4.78 is 11.5. The molecule has 0 saturated carbocycles. The molecule has 2 heterocycles. The third kappa shape index (κ3) is 3.04. The predicted octanol–water partition coefficient (Wildman–Crippen LogP) is 3.14. The largest absolute Gasteiger partial charge is 0.493 e. The lowest BCUT2D eigenvalue weighted by molar-refractivity contribution is 0.171. The predicted molar refractivity (Wildman–Crippen MR) is 82.2 cm³/mol. The summed E-state index contributed by atoms with van der Waals surface area (Å²) in [7, 11) is 0. The summed E-state index contributed by atoms with van der Waals surface area (Å²) in [6.07, 6.45) is 2.68. The highest BCUT2D eigenvalue weighted by molar-refractivity contribution is 7.09. The first-order valence-electron chi connectivity index (χ1n) is 7.20. The number of thiazole rings is 1. The van der Waals surface area contributed by atoms with E-state index in [0.29, 0.717) is 13.0 Å². The van der Waals surface area contributed by atoms with Gasteiger partial charge in [0.1, 0.15) is 17.6 Å². The summed E-state index contributed by atoms with van der Waals surface area (Å²) in [6.45, 7) is 4.57. The van der Waals surface area contributed by atoms with E-state index in [1.54, 1.807) is 17.5 Å². The minimum atomic E-state index is -0.637. The molecule has 4 nitrogen and oxygen atoms in total. The standard InChI is InChI=1S/C16H19NO3S/c1-3-19-15-7-11-6-10(2)20-14(11)8-12(15)13(18)9-16-17-4-5-21-16/h4-5,7-8,10,13,18H,3,6,9H2,1-2H3. The van der Waals surface area contributed by atoms with E-state index in [0.717, 1.165) is 34.1 Å². The normalized spacial score (nSPS) is 18.1. The van der Waals surface area contributed by atoms with E-state index in [2.05, 4.69) is 4.98 Å². The van der Waals surface area contributed by atoms with Gasteiger partial charge in [0.2, 0.25) is 0 Å². The van der Waals surface area contributed by atoms with Crippen LogP contribution in [0.1, 0.15) is 36.1 Å². The summed E-state index contributed by atoms with van der Waals surface area (Å²) in [5.74, 6) is 1.61. The number of ether oxygens (including phenoxy) is 2. The lowest BCUT2D eigenvalue weighted by atomic mass is 10.0. The Hall–Kier alpha value is -1.59. The van der Waals surface area contributed by atoms with Gasteiger partial charge in [0.25, 0.3) is 0 Å². The first kappa shape index (κ1) is 14.4. The molecule has 0 fully saturated rings. The first-order valence-corrected chi connectivity index (χ1v) is 8.08. The molecule has 1 aromatic carbocycles. The van der Waals surface area contributed by atoms with Crippen molar-refractivity contribution in [3.8, 4) is 11.5 Å². The molecule has 0 aliphatic carbocycles. The molecule has 112 valence electrons. The van der Waals surface area contributed by atoms with Crippen molar-refractivity contribution in [1.82, 2.24) is 4.98 Å². The number of benzene rings is 1. The summed E-state index contributed by atoms with van der Waals surface area (Å²) in [5, 5.41) is 13.4. The van der Waals surface area contributed by atoms with Gasteiger partial charge in [0.15, 0.2) is 0 Å². The second kappa shape index (κ2) is 6.03. The maximum absolute atomic E-state index is 10.5. The van der Waals surface area contributed by atoms with Crippen molar-refractivity contribution in [2.45, 2.75) is 38.9 Å². The molecule has 2 aromatic rings. The average Bonchev–Trinajstić information content (AvgIpc) is 3.06. The Morgan fingerprint density at radius 1 is 1.52 bits per heavy atom. The monoisotopic (exact) mass is 305 g/mol. The van der Waals surface area contributed by atoms with Crippen LogP contribution < -0.4 is 9.47 Å². The Morgan fingerprint density at radius 2 is 2.38 bits per heavy atom. The molecular formula is C16H19NO3S. The molecule has 1 aliphatic heterocycles. The van der Waals surface area contributed by atoms with Gasteiger partial charge in [-0.25, -0.2) is 4.98 Å². The minimum absolute atomic E-state index is 0.181. The average molecular weight is 305 g/mol. The molecule has 1 aliphatic rings. The maximum atomic E-state index is 10.5. The Kier molecular flexibility index (Phi) is 4.12. The number of aliphatic hydroxyl groups is 1. The Labute approximate surface area is 128 Å². The number of aromatic nitrogens is 1. The number of hydrogen-bond donors (Lipinski definition) is 1. The number of rotatable bonds is 5. The van der Waals surface area contributed by atoms with E-state index in [1.807, 2.05) is 31.4 Å². The topological polar surface area (TPSA) is 51.6 Å². The van der Waals surface area contributed by atoms with Gasteiger partial charge >= 0.3 is 0 Å². The van der Waals surface area contributed by atoms with Crippen LogP contribution in [0.25, 0.3) is 0 Å². The quantitative estimate of drug-likeness (QED) is 0.922. The Balaban J connectivity index is 1.90. The van der Waals surface area contributed by atoms with Gasteiger partial charge in [-0.15, -0.1) is 11.3 Å². The lowest BCUT2D eigenvalue weighted by Gasteiger charge is -2.16. The van der Waals surface area contributed by atoms with Crippen LogP contribution in [0.2, 0.25) is 0 Å². The molecule has 0 saturated heterocycles. The third-order valence-corrected chi connectivity index (χ3v) is 4.34. The fraction of sp³-hybridized carbons (Fsp3) is 0.438. The summed E-state index contributed by atoms with van der Waals surface area (Å²) in [5.41, 5.74) is 1.93. The zero-order chi connectivity index (χ0) is 14.8. The van der Waals surface area contributed by atoms with Gasteiger partial charge in [-0.1, -0.05) is 0 Å². The van der Waals surface area contributed by atoms with Gasteiger partial charge in [0.05, 0.1) is 17.7 Å². The molecule has 1 aromatic heterocycles. The van der Waals surface area contributed by atoms with Crippen molar-refractivity contribution < 1.29 is 14.6 Å². The summed E-state index contributed by atoms with van der Waals surface area (Å²) in [4.78, 5) is 4.23. The Bertz CT molecular complexity index is 612. The Morgan fingerprint density at radius 3 is 3.10 bits per heavy atom. The molecule has 0 radical (unpaired) electrons. The molecule has 3 rings (SSSR count). The van der Waals surface area contributed by atoms with Crippen LogP contribution in [0.5, 0.6) is 11.5 Å². The highest BCUT2D eigenvalue weighted by atomic mass is 32.1. The van der Waals surface area contributed by atoms with E-state index in [9.17, 15) is 5.11 Å². The molecule has 0 bridgehead atoms. The fourth-order valence-electron chi connectivity index (χ4n) is 2.63. The minimum Gasteiger partial charge on any atom is -0.493 e. The number of fused-ring (bicyclic) bond motifs is 1. The molecule has 2 unspecified atom stereocenters.